The number of para-hydroxylation sites is 2. The molecule has 0 aromatic heterocycles. The minimum Gasteiger partial charge on any atom is -0.490 e. The van der Waals surface area contributed by atoms with E-state index in [0.29, 0.717) is 17.0 Å². The number of nitrogens with one attached hydrogen (secondary N) is 1. The lowest BCUT2D eigenvalue weighted by atomic mass is 10.1. The number of aliphatic hydroxyl groups is 1. The number of hydrogen-bond acceptors (Lipinski definition) is 4. The molecule has 5 heteroatoms. The summed E-state index contributed by atoms with van der Waals surface area (Å²) in [5.74, 6) is 0.881. The molecular formula is C24H25NO4. The smallest absolute Gasteiger partial charge is 0.259 e. The molecule has 3 rings (SSSR count). The highest BCUT2D eigenvalue weighted by molar-refractivity contribution is 6.06. The summed E-state index contributed by atoms with van der Waals surface area (Å²) in [7, 11) is 0. The van der Waals surface area contributed by atoms with Crippen molar-refractivity contribution in [1.82, 2.24) is 0 Å². The van der Waals surface area contributed by atoms with Crippen molar-refractivity contribution in [2.45, 2.75) is 20.0 Å². The Morgan fingerprint density at radius 1 is 0.897 bits per heavy atom. The van der Waals surface area contributed by atoms with Crippen molar-refractivity contribution in [3.63, 3.8) is 0 Å². The molecule has 5 nitrogen and oxygen atoms in total. The molecule has 0 unspecified atom stereocenters. The van der Waals surface area contributed by atoms with E-state index in [9.17, 15) is 9.90 Å². The van der Waals surface area contributed by atoms with E-state index < -0.39 is 6.10 Å². The monoisotopic (exact) mass is 391 g/mol. The molecule has 150 valence electrons. The van der Waals surface area contributed by atoms with E-state index in [0.717, 1.165) is 16.9 Å². The Morgan fingerprint density at radius 3 is 2.31 bits per heavy atom. The maximum atomic E-state index is 12.6. The maximum absolute atomic E-state index is 12.6. The topological polar surface area (TPSA) is 67.8 Å². The van der Waals surface area contributed by atoms with Crippen molar-refractivity contribution in [2.75, 3.05) is 18.5 Å². The van der Waals surface area contributed by atoms with E-state index in [1.807, 2.05) is 62.4 Å². The lowest BCUT2D eigenvalue weighted by Crippen LogP contribution is -2.26. The van der Waals surface area contributed by atoms with Crippen LogP contribution in [-0.4, -0.2) is 30.3 Å². The Balaban J connectivity index is 1.57. The standard InChI is InChI=1S/C24H25NO4/c1-17-12-13-18(2)23(14-17)29-16-20(26)15-28-22-11-7-6-10-21(22)24(27)25-19-8-4-3-5-9-19/h3-14,20,26H,15-16H2,1-2H3,(H,25,27)/t20-/m0/s1. The summed E-state index contributed by atoms with van der Waals surface area (Å²) in [4.78, 5) is 12.6. The first kappa shape index (κ1) is 20.4. The molecule has 0 spiro atoms. The lowest BCUT2D eigenvalue weighted by molar-refractivity contribution is 0.0618. The fourth-order valence-electron chi connectivity index (χ4n) is 2.78. The van der Waals surface area contributed by atoms with Gasteiger partial charge in [-0.25, -0.2) is 0 Å². The van der Waals surface area contributed by atoms with Crippen molar-refractivity contribution < 1.29 is 19.4 Å². The number of carbonyl (C=O) groups is 1. The van der Waals surface area contributed by atoms with Crippen molar-refractivity contribution in [3.05, 3.63) is 89.5 Å². The quantitative estimate of drug-likeness (QED) is 0.598. The Hall–Kier alpha value is -3.31. The van der Waals surface area contributed by atoms with Gasteiger partial charge in [-0.2, -0.15) is 0 Å². The fraction of sp³-hybridized carbons (Fsp3) is 0.208. The zero-order valence-corrected chi connectivity index (χ0v) is 16.6. The normalized spacial score (nSPS) is 11.6. The zero-order chi connectivity index (χ0) is 20.6. The molecule has 0 aliphatic carbocycles. The Labute approximate surface area is 170 Å². The van der Waals surface area contributed by atoms with Crippen molar-refractivity contribution in [1.29, 1.82) is 0 Å². The zero-order valence-electron chi connectivity index (χ0n) is 16.6. The van der Waals surface area contributed by atoms with Gasteiger partial charge in [-0.1, -0.05) is 42.5 Å². The first-order chi connectivity index (χ1) is 14.0. The summed E-state index contributed by atoms with van der Waals surface area (Å²) in [5.41, 5.74) is 3.20. The van der Waals surface area contributed by atoms with E-state index in [1.54, 1.807) is 24.3 Å². The molecule has 0 saturated carbocycles. The average Bonchev–Trinajstić information content (AvgIpc) is 2.73. The predicted molar refractivity (Wildman–Crippen MR) is 114 cm³/mol. The van der Waals surface area contributed by atoms with Gasteiger partial charge in [0.25, 0.3) is 5.91 Å². The van der Waals surface area contributed by atoms with E-state index in [-0.39, 0.29) is 19.1 Å². The first-order valence-electron chi connectivity index (χ1n) is 9.49. The van der Waals surface area contributed by atoms with Crippen molar-refractivity contribution in [2.24, 2.45) is 0 Å². The predicted octanol–water partition coefficient (Wildman–Crippen LogP) is 4.37. The third-order valence-electron chi connectivity index (χ3n) is 4.37. The molecule has 29 heavy (non-hydrogen) atoms. The van der Waals surface area contributed by atoms with Crippen LogP contribution < -0.4 is 14.8 Å². The van der Waals surface area contributed by atoms with Gasteiger partial charge in [0.15, 0.2) is 0 Å². The second-order valence-electron chi connectivity index (χ2n) is 6.86. The van der Waals surface area contributed by atoms with Gasteiger partial charge in [0, 0.05) is 5.69 Å². The molecule has 1 amide bonds. The molecule has 0 aliphatic heterocycles. The minimum absolute atomic E-state index is 0.0144. The molecule has 2 N–H and O–H groups in total. The largest absolute Gasteiger partial charge is 0.490 e. The molecule has 0 radical (unpaired) electrons. The van der Waals surface area contributed by atoms with Crippen LogP contribution in [0.2, 0.25) is 0 Å². The number of carbonyl (C=O) groups excluding carboxylic acids is 1. The Bertz CT molecular complexity index is 956. The van der Waals surface area contributed by atoms with Gasteiger partial charge in [0.05, 0.1) is 5.56 Å². The average molecular weight is 391 g/mol. The molecule has 3 aromatic rings. The number of ether oxygens (including phenoxy) is 2. The van der Waals surface area contributed by atoms with E-state index in [2.05, 4.69) is 5.32 Å². The van der Waals surface area contributed by atoms with Crippen LogP contribution in [0.15, 0.2) is 72.8 Å². The van der Waals surface area contributed by atoms with E-state index in [4.69, 9.17) is 9.47 Å². The van der Waals surface area contributed by atoms with Gasteiger partial charge in [0.2, 0.25) is 0 Å². The van der Waals surface area contributed by atoms with Crippen molar-refractivity contribution >= 4 is 11.6 Å². The second kappa shape index (κ2) is 9.75. The summed E-state index contributed by atoms with van der Waals surface area (Å²) in [6, 6.07) is 22.1. The number of aryl methyl sites for hydroxylation is 2. The first-order valence-corrected chi connectivity index (χ1v) is 9.49. The number of anilines is 1. The fourth-order valence-corrected chi connectivity index (χ4v) is 2.78. The van der Waals surface area contributed by atoms with Crippen LogP contribution >= 0.6 is 0 Å². The van der Waals surface area contributed by atoms with Crippen LogP contribution in [0.1, 0.15) is 21.5 Å². The van der Waals surface area contributed by atoms with Gasteiger partial charge in [0.1, 0.15) is 30.8 Å². The molecule has 0 bridgehead atoms. The maximum Gasteiger partial charge on any atom is 0.259 e. The molecular weight excluding hydrogens is 366 g/mol. The van der Waals surface area contributed by atoms with Gasteiger partial charge >= 0.3 is 0 Å². The van der Waals surface area contributed by atoms with Gasteiger partial charge in [-0.05, 0) is 55.3 Å². The highest BCUT2D eigenvalue weighted by atomic mass is 16.5. The van der Waals surface area contributed by atoms with Crippen LogP contribution in [0.5, 0.6) is 11.5 Å². The molecule has 3 aromatic carbocycles. The molecule has 0 fully saturated rings. The summed E-state index contributed by atoms with van der Waals surface area (Å²) in [6.45, 7) is 4.06. The molecule has 1 atom stereocenters. The number of rotatable bonds is 8. The second-order valence-corrected chi connectivity index (χ2v) is 6.86. The lowest BCUT2D eigenvalue weighted by Gasteiger charge is -2.16. The highest BCUT2D eigenvalue weighted by Crippen LogP contribution is 2.21. The van der Waals surface area contributed by atoms with Crippen LogP contribution in [0.3, 0.4) is 0 Å². The summed E-state index contributed by atoms with van der Waals surface area (Å²) in [6.07, 6.45) is -0.833. The van der Waals surface area contributed by atoms with Crippen LogP contribution in [0, 0.1) is 13.8 Å². The third kappa shape index (κ3) is 5.83. The van der Waals surface area contributed by atoms with Crippen molar-refractivity contribution in [3.8, 4) is 11.5 Å². The number of benzene rings is 3. The highest BCUT2D eigenvalue weighted by Gasteiger charge is 2.14. The van der Waals surface area contributed by atoms with Crippen LogP contribution in [0.25, 0.3) is 0 Å². The van der Waals surface area contributed by atoms with Gasteiger partial charge < -0.3 is 19.9 Å². The van der Waals surface area contributed by atoms with E-state index >= 15 is 0 Å². The van der Waals surface area contributed by atoms with E-state index in [1.165, 1.54) is 0 Å². The summed E-state index contributed by atoms with van der Waals surface area (Å²) in [5, 5.41) is 13.1. The Morgan fingerprint density at radius 2 is 1.55 bits per heavy atom. The minimum atomic E-state index is -0.833. The molecule has 0 saturated heterocycles. The number of amides is 1. The summed E-state index contributed by atoms with van der Waals surface area (Å²) < 4.78 is 11.4. The van der Waals surface area contributed by atoms with Crippen LogP contribution in [0.4, 0.5) is 5.69 Å². The number of hydrogen-bond donors (Lipinski definition) is 2. The van der Waals surface area contributed by atoms with Gasteiger partial charge in [-0.3, -0.25) is 4.79 Å². The summed E-state index contributed by atoms with van der Waals surface area (Å²) >= 11 is 0. The third-order valence-corrected chi connectivity index (χ3v) is 4.37. The SMILES string of the molecule is Cc1ccc(C)c(OC[C@@H](O)COc2ccccc2C(=O)Nc2ccccc2)c1. The molecule has 0 heterocycles. The number of aliphatic hydroxyl groups excluding tert-OH is 1. The van der Waals surface area contributed by atoms with Crippen LogP contribution in [-0.2, 0) is 0 Å². The Kier molecular flexibility index (Phi) is 6.87. The molecule has 0 aliphatic rings. The van der Waals surface area contributed by atoms with Gasteiger partial charge in [-0.15, -0.1) is 0 Å².